The zero-order chi connectivity index (χ0) is 31.3. The molecule has 0 spiro atoms. The van der Waals surface area contributed by atoms with Gasteiger partial charge in [0, 0.05) is 24.2 Å². The van der Waals surface area contributed by atoms with Gasteiger partial charge in [0.1, 0.15) is 17.2 Å². The number of allylic oxidation sites excluding steroid dienone is 2. The first-order valence-corrected chi connectivity index (χ1v) is 17.1. The van der Waals surface area contributed by atoms with Gasteiger partial charge in [0.05, 0.1) is 22.7 Å². The van der Waals surface area contributed by atoms with Crippen LogP contribution in [-0.4, -0.2) is 53.4 Å². The number of hydrogen-bond acceptors (Lipinski definition) is 8. The number of Topliss-reactive ketones (excluding diaryl/α,β-unsaturated/α-hetero) is 2. The lowest BCUT2D eigenvalue weighted by atomic mass is 9.74. The molecule has 0 saturated heterocycles. The first-order valence-electron chi connectivity index (χ1n) is 15.6. The molecule has 0 aromatic heterocycles. The Morgan fingerprint density at radius 3 is 2.36 bits per heavy atom. The summed E-state index contributed by atoms with van der Waals surface area (Å²) in [6.45, 7) is 11.0. The molecule has 42 heavy (non-hydrogen) atoms. The van der Waals surface area contributed by atoms with E-state index in [4.69, 9.17) is 4.74 Å². The molecule has 8 atom stereocenters. The summed E-state index contributed by atoms with van der Waals surface area (Å²) in [6.07, 6.45) is 6.66. The highest BCUT2D eigenvalue weighted by molar-refractivity contribution is 7.91. The molecule has 2 unspecified atom stereocenters. The van der Waals surface area contributed by atoms with E-state index in [1.54, 1.807) is 27.7 Å². The third-order valence-corrected chi connectivity index (χ3v) is 12.2. The fraction of sp³-hybridized carbons (Fsp3) is 0.812. The van der Waals surface area contributed by atoms with Crippen molar-refractivity contribution in [1.82, 2.24) is 4.72 Å². The van der Waals surface area contributed by atoms with Crippen molar-refractivity contribution in [2.45, 2.75) is 122 Å². The third kappa shape index (κ3) is 7.17. The van der Waals surface area contributed by atoms with Crippen LogP contribution in [-0.2, 0) is 33.9 Å². The summed E-state index contributed by atoms with van der Waals surface area (Å²) in [5.41, 5.74) is -1.90. The minimum atomic E-state index is -3.88. The lowest BCUT2D eigenvalue weighted by Crippen LogP contribution is -2.44. The van der Waals surface area contributed by atoms with Crippen LogP contribution in [0.2, 0.25) is 0 Å². The summed E-state index contributed by atoms with van der Waals surface area (Å²) in [6, 6.07) is 0. The van der Waals surface area contributed by atoms with Crippen LogP contribution in [0.4, 0.5) is 0 Å². The van der Waals surface area contributed by atoms with Crippen molar-refractivity contribution in [3.8, 4) is 0 Å². The van der Waals surface area contributed by atoms with Gasteiger partial charge in [-0.2, -0.15) is 0 Å². The van der Waals surface area contributed by atoms with Crippen LogP contribution in [0.15, 0.2) is 12.2 Å². The summed E-state index contributed by atoms with van der Waals surface area (Å²) in [5, 5.41) is 10.6. The van der Waals surface area contributed by atoms with Crippen LogP contribution in [0.1, 0.15) is 106 Å². The number of ether oxygens (including phenoxy) is 1. The second-order valence-corrected chi connectivity index (χ2v) is 17.2. The number of hydrogen-bond donors (Lipinski definition) is 2. The maximum Gasteiger partial charge on any atom is 0.307 e. The van der Waals surface area contributed by atoms with Gasteiger partial charge in [0.25, 0.3) is 0 Å². The second kappa shape index (κ2) is 11.8. The van der Waals surface area contributed by atoms with Crippen LogP contribution in [0.3, 0.4) is 0 Å². The quantitative estimate of drug-likeness (QED) is 0.348. The van der Waals surface area contributed by atoms with Gasteiger partial charge < -0.3 is 9.84 Å². The molecular formula is C32H49NO8S. The molecule has 3 saturated carbocycles. The molecule has 0 radical (unpaired) electrons. The Balaban J connectivity index is 1.63. The number of amides is 1. The first kappa shape index (κ1) is 32.8. The van der Waals surface area contributed by atoms with E-state index in [2.05, 4.69) is 11.6 Å². The van der Waals surface area contributed by atoms with E-state index < -0.39 is 61.5 Å². The van der Waals surface area contributed by atoms with Crippen molar-refractivity contribution in [3.05, 3.63) is 12.2 Å². The van der Waals surface area contributed by atoms with Crippen molar-refractivity contribution >= 4 is 33.5 Å². The van der Waals surface area contributed by atoms with E-state index in [0.29, 0.717) is 25.7 Å². The van der Waals surface area contributed by atoms with Crippen molar-refractivity contribution in [1.29, 1.82) is 0 Å². The highest BCUT2D eigenvalue weighted by Crippen LogP contribution is 2.58. The minimum Gasteiger partial charge on any atom is -0.460 e. The molecule has 0 aromatic carbocycles. The van der Waals surface area contributed by atoms with E-state index in [-0.39, 0.29) is 55.0 Å². The summed E-state index contributed by atoms with van der Waals surface area (Å²) in [7, 11) is -3.88. The molecule has 1 amide bonds. The molecule has 10 heteroatoms. The van der Waals surface area contributed by atoms with Gasteiger partial charge in [0.15, 0.2) is 0 Å². The SMILES string of the molecule is CC1CC/C=C\[C@@H]2C[C@@]2(C(=O)NS(=O)(=O)C2(C)CC2)CC(=O)[C@@H]2C[C@@H](O)CC2C(=O)[C@@H](CC(=O)OC(C)(C)C)[C@H](C)C1. The van der Waals surface area contributed by atoms with Gasteiger partial charge >= 0.3 is 5.97 Å². The van der Waals surface area contributed by atoms with E-state index >= 15 is 0 Å². The average Bonchev–Trinajstić information content (AvgIpc) is 3.74. The number of carbonyl (C=O) groups excluding carboxylic acids is 4. The minimum absolute atomic E-state index is 0.0948. The van der Waals surface area contributed by atoms with Crippen LogP contribution in [0, 0.1) is 40.9 Å². The van der Waals surface area contributed by atoms with E-state index in [1.165, 1.54) is 0 Å². The summed E-state index contributed by atoms with van der Waals surface area (Å²) in [4.78, 5) is 54.5. The van der Waals surface area contributed by atoms with E-state index in [1.807, 2.05) is 19.1 Å². The summed E-state index contributed by atoms with van der Waals surface area (Å²) >= 11 is 0. The Morgan fingerprint density at radius 1 is 1.10 bits per heavy atom. The predicted octanol–water partition coefficient (Wildman–Crippen LogP) is 4.27. The van der Waals surface area contributed by atoms with Gasteiger partial charge in [-0.25, -0.2) is 8.42 Å². The molecule has 0 heterocycles. The zero-order valence-electron chi connectivity index (χ0n) is 26.0. The molecule has 3 fully saturated rings. The molecule has 4 aliphatic rings. The van der Waals surface area contributed by atoms with Crippen LogP contribution in [0.25, 0.3) is 0 Å². The monoisotopic (exact) mass is 607 g/mol. The highest BCUT2D eigenvalue weighted by Gasteiger charge is 2.62. The van der Waals surface area contributed by atoms with Crippen LogP contribution < -0.4 is 4.72 Å². The molecule has 236 valence electrons. The van der Waals surface area contributed by atoms with Crippen LogP contribution in [0.5, 0.6) is 0 Å². The van der Waals surface area contributed by atoms with Crippen molar-refractivity contribution in [3.63, 3.8) is 0 Å². The van der Waals surface area contributed by atoms with Crippen molar-refractivity contribution < 1.29 is 37.4 Å². The fourth-order valence-corrected chi connectivity index (χ4v) is 8.36. The molecule has 0 aliphatic heterocycles. The molecule has 4 rings (SSSR count). The standard InChI is InChI=1S/C32H49NO8S/c1-19-9-7-8-10-21-17-32(21,29(38)33-42(39,40)31(6)11-12-31)18-26(35)24-14-22(34)15-25(24)28(37)23(20(2)13-19)16-27(36)41-30(3,4)5/h8,10,19-25,34H,7,9,11-18H2,1-6H3,(H,33,38)/b10-8-/t19?,20-,21-,22-,23+,24-,25?,32-/m1/s1. The number of ketones is 2. The molecule has 0 bridgehead atoms. The molecule has 2 N–H and O–H groups in total. The number of esters is 1. The molecule has 0 aromatic rings. The van der Waals surface area contributed by atoms with Crippen molar-refractivity contribution in [2.24, 2.45) is 40.9 Å². The lowest BCUT2D eigenvalue weighted by molar-refractivity contribution is -0.158. The van der Waals surface area contributed by atoms with Gasteiger partial charge in [-0.05, 0) is 96.8 Å². The normalized spacial score (nSPS) is 37.8. The Bertz CT molecular complexity index is 1230. The molecular weight excluding hydrogens is 558 g/mol. The van der Waals surface area contributed by atoms with E-state index in [9.17, 15) is 32.7 Å². The zero-order valence-corrected chi connectivity index (χ0v) is 26.8. The fourth-order valence-electron chi connectivity index (χ4n) is 7.02. The number of rotatable bonds is 5. The number of aliphatic hydroxyl groups is 1. The summed E-state index contributed by atoms with van der Waals surface area (Å²) < 4.78 is 32.7. The van der Waals surface area contributed by atoms with Gasteiger partial charge in [-0.3, -0.25) is 23.9 Å². The number of aliphatic hydroxyl groups excluding tert-OH is 1. The van der Waals surface area contributed by atoms with Crippen LogP contribution >= 0.6 is 0 Å². The largest absolute Gasteiger partial charge is 0.460 e. The van der Waals surface area contributed by atoms with E-state index in [0.717, 1.165) is 12.8 Å². The maximum atomic E-state index is 14.1. The Hall–Kier alpha value is -2.07. The highest BCUT2D eigenvalue weighted by atomic mass is 32.2. The predicted molar refractivity (Wildman–Crippen MR) is 157 cm³/mol. The second-order valence-electron chi connectivity index (χ2n) is 15.0. The lowest BCUT2D eigenvalue weighted by Gasteiger charge is -2.30. The Kier molecular flexibility index (Phi) is 9.22. The van der Waals surface area contributed by atoms with Gasteiger partial charge in [-0.15, -0.1) is 0 Å². The number of fused-ring (bicyclic) bond motifs is 2. The summed E-state index contributed by atoms with van der Waals surface area (Å²) in [5.74, 6) is -4.03. The van der Waals surface area contributed by atoms with Crippen molar-refractivity contribution in [2.75, 3.05) is 0 Å². The Morgan fingerprint density at radius 2 is 1.74 bits per heavy atom. The maximum absolute atomic E-state index is 14.1. The average molecular weight is 608 g/mol. The first-order chi connectivity index (χ1) is 19.4. The molecule has 9 nitrogen and oxygen atoms in total. The third-order valence-electron chi connectivity index (χ3n) is 10.1. The molecule has 4 aliphatic carbocycles. The number of carbonyl (C=O) groups is 4. The smallest absolute Gasteiger partial charge is 0.307 e. The van der Waals surface area contributed by atoms with Gasteiger partial charge in [0.2, 0.25) is 15.9 Å². The van der Waals surface area contributed by atoms with Gasteiger partial charge in [-0.1, -0.05) is 26.0 Å². The topological polar surface area (TPSA) is 144 Å². The number of nitrogens with one attached hydrogen (secondary N) is 1. The number of sulfonamides is 1. The Labute approximate surface area is 250 Å².